The van der Waals surface area contributed by atoms with Crippen molar-refractivity contribution in [1.82, 2.24) is 0 Å². The van der Waals surface area contributed by atoms with Crippen molar-refractivity contribution >= 4 is 5.57 Å². The molecule has 0 radical (unpaired) electrons. The predicted molar refractivity (Wildman–Crippen MR) is 60.9 cm³/mol. The van der Waals surface area contributed by atoms with E-state index in [0.717, 1.165) is 18.4 Å². The maximum absolute atomic E-state index is 8.94. The number of rotatable bonds is 5. The monoisotopic (exact) mass is 201 g/mol. The van der Waals surface area contributed by atoms with E-state index in [1.165, 1.54) is 0 Å². The number of hydrogen-bond acceptors (Lipinski definition) is 2. The van der Waals surface area contributed by atoms with Crippen molar-refractivity contribution in [3.05, 3.63) is 42.2 Å². The molecule has 0 aliphatic carbocycles. The summed E-state index contributed by atoms with van der Waals surface area (Å²) in [6.07, 6.45) is 3.66. The van der Waals surface area contributed by atoms with Crippen molar-refractivity contribution in [1.29, 1.82) is 5.26 Å². The van der Waals surface area contributed by atoms with Crippen LogP contribution in [0.25, 0.3) is 5.57 Å². The lowest BCUT2D eigenvalue weighted by Gasteiger charge is -2.01. The molecule has 0 atom stereocenters. The highest BCUT2D eigenvalue weighted by molar-refractivity contribution is 5.75. The molecule has 0 bridgehead atoms. The Morgan fingerprint density at radius 3 is 2.73 bits per heavy atom. The van der Waals surface area contributed by atoms with Crippen LogP contribution >= 0.6 is 0 Å². The van der Waals surface area contributed by atoms with E-state index in [9.17, 15) is 0 Å². The van der Waals surface area contributed by atoms with Gasteiger partial charge in [-0.3, -0.25) is 0 Å². The van der Waals surface area contributed by atoms with Crippen LogP contribution in [0.15, 0.2) is 36.6 Å². The molecule has 0 fully saturated rings. The quantitative estimate of drug-likeness (QED) is 0.415. The second-order valence-electron chi connectivity index (χ2n) is 3.23. The molecule has 1 aromatic rings. The molecule has 0 saturated heterocycles. The third-order valence-electron chi connectivity index (χ3n) is 2.02. The minimum Gasteiger partial charge on any atom is -0.500 e. The van der Waals surface area contributed by atoms with Gasteiger partial charge in [-0.1, -0.05) is 43.7 Å². The summed E-state index contributed by atoms with van der Waals surface area (Å²) in [5.41, 5.74) is 1.48. The summed E-state index contributed by atoms with van der Waals surface area (Å²) in [6, 6.07) is 11.7. The Hall–Kier alpha value is -1.75. The number of nitrogens with zero attached hydrogens (tertiary/aromatic N) is 1. The van der Waals surface area contributed by atoms with Crippen LogP contribution in [0.5, 0.6) is 0 Å². The second-order valence-corrected chi connectivity index (χ2v) is 3.23. The van der Waals surface area contributed by atoms with Crippen LogP contribution in [0, 0.1) is 11.3 Å². The van der Waals surface area contributed by atoms with E-state index in [0.29, 0.717) is 12.2 Å². The SMILES string of the molecule is CCCCOC=C(C#N)c1ccccc1. The molecule has 15 heavy (non-hydrogen) atoms. The van der Waals surface area contributed by atoms with Crippen molar-refractivity contribution in [3.63, 3.8) is 0 Å². The van der Waals surface area contributed by atoms with Crippen LogP contribution in [-0.4, -0.2) is 6.61 Å². The smallest absolute Gasteiger partial charge is 0.103 e. The first-order chi connectivity index (χ1) is 7.38. The fraction of sp³-hybridized carbons (Fsp3) is 0.308. The molecular weight excluding hydrogens is 186 g/mol. The van der Waals surface area contributed by atoms with Crippen molar-refractivity contribution < 1.29 is 4.74 Å². The van der Waals surface area contributed by atoms with E-state index < -0.39 is 0 Å². The van der Waals surface area contributed by atoms with Crippen molar-refractivity contribution in [2.24, 2.45) is 0 Å². The molecule has 0 N–H and O–H groups in total. The summed E-state index contributed by atoms with van der Waals surface area (Å²) in [5.74, 6) is 0. The van der Waals surface area contributed by atoms with Gasteiger partial charge in [0.05, 0.1) is 12.2 Å². The molecule has 78 valence electrons. The molecule has 0 amide bonds. The van der Waals surface area contributed by atoms with E-state index in [1.54, 1.807) is 6.26 Å². The summed E-state index contributed by atoms with van der Waals surface area (Å²) in [5, 5.41) is 8.94. The average molecular weight is 201 g/mol. The van der Waals surface area contributed by atoms with E-state index in [1.807, 2.05) is 30.3 Å². The highest BCUT2D eigenvalue weighted by Crippen LogP contribution is 2.12. The van der Waals surface area contributed by atoms with Crippen LogP contribution in [0.3, 0.4) is 0 Å². The van der Waals surface area contributed by atoms with Crippen LogP contribution in [0.1, 0.15) is 25.3 Å². The van der Waals surface area contributed by atoms with Gasteiger partial charge in [0.25, 0.3) is 0 Å². The van der Waals surface area contributed by atoms with Crippen LogP contribution in [-0.2, 0) is 4.74 Å². The van der Waals surface area contributed by atoms with E-state index in [2.05, 4.69) is 13.0 Å². The lowest BCUT2D eigenvalue weighted by atomic mass is 10.1. The van der Waals surface area contributed by atoms with Crippen molar-refractivity contribution in [2.75, 3.05) is 6.61 Å². The fourth-order valence-electron chi connectivity index (χ4n) is 1.15. The molecule has 0 aromatic heterocycles. The summed E-state index contributed by atoms with van der Waals surface area (Å²) in [6.45, 7) is 2.78. The minimum absolute atomic E-state index is 0.576. The zero-order valence-corrected chi connectivity index (χ0v) is 8.94. The van der Waals surface area contributed by atoms with Gasteiger partial charge in [-0.2, -0.15) is 5.26 Å². The average Bonchev–Trinajstić information content (AvgIpc) is 2.30. The number of hydrogen-bond donors (Lipinski definition) is 0. The number of ether oxygens (including phenoxy) is 1. The van der Waals surface area contributed by atoms with Gasteiger partial charge in [0, 0.05) is 0 Å². The van der Waals surface area contributed by atoms with Crippen molar-refractivity contribution in [3.8, 4) is 6.07 Å². The van der Waals surface area contributed by atoms with Gasteiger partial charge in [-0.25, -0.2) is 0 Å². The third-order valence-corrected chi connectivity index (χ3v) is 2.02. The molecule has 0 heterocycles. The lowest BCUT2D eigenvalue weighted by Crippen LogP contribution is -1.88. The molecule has 0 aliphatic heterocycles. The summed E-state index contributed by atoms with van der Waals surface area (Å²) in [4.78, 5) is 0. The summed E-state index contributed by atoms with van der Waals surface area (Å²) in [7, 11) is 0. The molecule has 2 nitrogen and oxygen atoms in total. The van der Waals surface area contributed by atoms with Crippen LogP contribution < -0.4 is 0 Å². The first-order valence-corrected chi connectivity index (χ1v) is 5.15. The molecule has 0 saturated carbocycles. The standard InChI is InChI=1S/C13H15NO/c1-2-3-9-15-11-13(10-14)12-7-5-4-6-8-12/h4-8,11H,2-3,9H2,1H3. The molecule has 1 rings (SSSR count). The van der Waals surface area contributed by atoms with Gasteiger partial charge in [0.15, 0.2) is 0 Å². The third kappa shape index (κ3) is 3.86. The molecule has 1 aromatic carbocycles. The Balaban J connectivity index is 2.61. The zero-order chi connectivity index (χ0) is 10.9. The molecular formula is C13H15NO. The second kappa shape index (κ2) is 6.67. The Bertz CT molecular complexity index is 349. The Morgan fingerprint density at radius 1 is 1.40 bits per heavy atom. The maximum atomic E-state index is 8.94. The number of allylic oxidation sites excluding steroid dienone is 1. The molecule has 0 spiro atoms. The maximum Gasteiger partial charge on any atom is 0.103 e. The van der Waals surface area contributed by atoms with Gasteiger partial charge in [-0.05, 0) is 12.0 Å². The highest BCUT2D eigenvalue weighted by Gasteiger charge is 1.98. The predicted octanol–water partition coefficient (Wildman–Crippen LogP) is 3.37. The molecule has 0 unspecified atom stereocenters. The van der Waals surface area contributed by atoms with Crippen LogP contribution in [0.2, 0.25) is 0 Å². The van der Waals surface area contributed by atoms with E-state index in [4.69, 9.17) is 10.00 Å². The van der Waals surface area contributed by atoms with Gasteiger partial charge in [0.2, 0.25) is 0 Å². The molecule has 0 aliphatic rings. The fourth-order valence-corrected chi connectivity index (χ4v) is 1.15. The number of benzene rings is 1. The first kappa shape index (κ1) is 11.3. The number of unbranched alkanes of at least 4 members (excludes halogenated alkanes) is 1. The minimum atomic E-state index is 0.576. The Morgan fingerprint density at radius 2 is 2.13 bits per heavy atom. The van der Waals surface area contributed by atoms with E-state index >= 15 is 0 Å². The summed E-state index contributed by atoms with van der Waals surface area (Å²) < 4.78 is 5.30. The van der Waals surface area contributed by atoms with Gasteiger partial charge in [-0.15, -0.1) is 0 Å². The Labute approximate surface area is 90.8 Å². The Kier molecular flexibility index (Phi) is 5.03. The van der Waals surface area contributed by atoms with Crippen LogP contribution in [0.4, 0.5) is 0 Å². The van der Waals surface area contributed by atoms with Gasteiger partial charge >= 0.3 is 0 Å². The normalized spacial score (nSPS) is 10.8. The highest BCUT2D eigenvalue weighted by atomic mass is 16.5. The molecule has 2 heteroatoms. The largest absolute Gasteiger partial charge is 0.500 e. The summed E-state index contributed by atoms with van der Waals surface area (Å²) >= 11 is 0. The number of nitriles is 1. The van der Waals surface area contributed by atoms with E-state index in [-0.39, 0.29) is 0 Å². The van der Waals surface area contributed by atoms with Crippen molar-refractivity contribution in [2.45, 2.75) is 19.8 Å². The first-order valence-electron chi connectivity index (χ1n) is 5.15. The van der Waals surface area contributed by atoms with Gasteiger partial charge < -0.3 is 4.74 Å². The topological polar surface area (TPSA) is 33.0 Å². The zero-order valence-electron chi connectivity index (χ0n) is 8.94. The van der Waals surface area contributed by atoms with Gasteiger partial charge in [0.1, 0.15) is 12.3 Å². The lowest BCUT2D eigenvalue weighted by molar-refractivity contribution is 0.245.